The van der Waals surface area contributed by atoms with Crippen LogP contribution in [0.25, 0.3) is 0 Å². The summed E-state index contributed by atoms with van der Waals surface area (Å²) in [6.45, 7) is 3.55. The van der Waals surface area contributed by atoms with Crippen molar-refractivity contribution in [2.24, 2.45) is 0 Å². The Morgan fingerprint density at radius 1 is 1.19 bits per heavy atom. The molecule has 0 radical (unpaired) electrons. The Morgan fingerprint density at radius 2 is 1.96 bits per heavy atom. The van der Waals surface area contributed by atoms with Gasteiger partial charge >= 0.3 is 5.97 Å². The molecule has 1 atom stereocenters. The molecule has 0 fully saturated rings. The molecular formula is C20H24N2O4. The molecule has 138 valence electrons. The van der Waals surface area contributed by atoms with E-state index in [1.54, 1.807) is 30.3 Å². The number of esters is 1. The minimum Gasteiger partial charge on any atom is -0.469 e. The van der Waals surface area contributed by atoms with Gasteiger partial charge in [0.1, 0.15) is 5.75 Å². The third-order valence-corrected chi connectivity index (χ3v) is 4.67. The predicted molar refractivity (Wildman–Crippen MR) is 97.2 cm³/mol. The van der Waals surface area contributed by atoms with Crippen molar-refractivity contribution < 1.29 is 19.2 Å². The third-order valence-electron chi connectivity index (χ3n) is 4.67. The maximum absolute atomic E-state index is 12.8. The van der Waals surface area contributed by atoms with Gasteiger partial charge in [-0.3, -0.25) is 9.59 Å². The molecule has 0 bridgehead atoms. The fourth-order valence-electron chi connectivity index (χ4n) is 3.23. The first kappa shape index (κ1) is 18.2. The van der Waals surface area contributed by atoms with Gasteiger partial charge in [0.05, 0.1) is 18.7 Å². The van der Waals surface area contributed by atoms with Crippen molar-refractivity contribution in [3.63, 3.8) is 0 Å². The number of nitrogens with zero attached hydrogens (tertiary/aromatic N) is 1. The molecule has 2 heterocycles. The van der Waals surface area contributed by atoms with E-state index in [4.69, 9.17) is 9.57 Å². The van der Waals surface area contributed by atoms with Crippen LogP contribution in [0.15, 0.2) is 36.4 Å². The third kappa shape index (κ3) is 3.65. The van der Waals surface area contributed by atoms with Crippen molar-refractivity contribution in [3.05, 3.63) is 53.3 Å². The molecule has 0 spiro atoms. The maximum Gasteiger partial charge on any atom is 0.314 e. The molecule has 1 N–H and O–H groups in total. The second-order valence-corrected chi connectivity index (χ2v) is 6.36. The zero-order valence-electron chi connectivity index (χ0n) is 15.2. The first-order chi connectivity index (χ1) is 12.7. The highest BCUT2D eigenvalue weighted by atomic mass is 16.6. The second kappa shape index (κ2) is 8.19. The molecule has 0 saturated heterocycles. The van der Waals surface area contributed by atoms with E-state index in [0.29, 0.717) is 30.0 Å². The quantitative estimate of drug-likeness (QED) is 0.341. The van der Waals surface area contributed by atoms with Crippen LogP contribution in [0.1, 0.15) is 53.8 Å². The van der Waals surface area contributed by atoms with Crippen molar-refractivity contribution >= 4 is 11.8 Å². The molecule has 1 aliphatic heterocycles. The van der Waals surface area contributed by atoms with E-state index in [1.807, 2.05) is 10.6 Å². The van der Waals surface area contributed by atoms with Crippen molar-refractivity contribution in [1.82, 2.24) is 10.0 Å². The SMILES string of the molecule is CCCCNOc1ccc(C(=O)c2ccc3n2CCC3C(=O)OC)cc1. The number of carbonyl (C=O) groups excluding carboxylic acids is 2. The number of ether oxygens (including phenoxy) is 1. The van der Waals surface area contributed by atoms with Gasteiger partial charge in [-0.05, 0) is 49.2 Å². The Morgan fingerprint density at radius 3 is 2.65 bits per heavy atom. The van der Waals surface area contributed by atoms with Crippen LogP contribution in [-0.4, -0.2) is 30.0 Å². The number of benzene rings is 1. The molecule has 26 heavy (non-hydrogen) atoms. The van der Waals surface area contributed by atoms with Gasteiger partial charge in [-0.15, -0.1) is 0 Å². The lowest BCUT2D eigenvalue weighted by Gasteiger charge is -2.08. The van der Waals surface area contributed by atoms with Crippen molar-refractivity contribution in [1.29, 1.82) is 0 Å². The standard InChI is InChI=1S/C20H24N2O4/c1-3-4-12-21-26-15-7-5-14(6-8-15)19(23)18-10-9-17-16(20(24)25-2)11-13-22(17)18/h5-10,16,21H,3-4,11-13H2,1-2H3. The number of carbonyl (C=O) groups is 2. The van der Waals surface area contributed by atoms with Crippen molar-refractivity contribution in [2.45, 2.75) is 38.6 Å². The summed E-state index contributed by atoms with van der Waals surface area (Å²) in [5, 5.41) is 0. The van der Waals surface area contributed by atoms with E-state index >= 15 is 0 Å². The van der Waals surface area contributed by atoms with E-state index in [-0.39, 0.29) is 17.7 Å². The van der Waals surface area contributed by atoms with Crippen molar-refractivity contribution in [2.75, 3.05) is 13.7 Å². The molecule has 1 aromatic heterocycles. The van der Waals surface area contributed by atoms with Gasteiger partial charge in [-0.25, -0.2) is 0 Å². The van der Waals surface area contributed by atoms with Crippen LogP contribution in [0.2, 0.25) is 0 Å². The highest BCUT2D eigenvalue weighted by molar-refractivity contribution is 6.08. The zero-order valence-corrected chi connectivity index (χ0v) is 15.2. The highest BCUT2D eigenvalue weighted by Gasteiger charge is 2.32. The average Bonchev–Trinajstić information content (AvgIpc) is 3.26. The number of ketones is 1. The number of aromatic nitrogens is 1. The topological polar surface area (TPSA) is 69.6 Å². The fourth-order valence-corrected chi connectivity index (χ4v) is 3.23. The van der Waals surface area contributed by atoms with E-state index < -0.39 is 0 Å². The van der Waals surface area contributed by atoms with Gasteiger partial charge in [0, 0.05) is 24.3 Å². The smallest absolute Gasteiger partial charge is 0.314 e. The first-order valence-electron chi connectivity index (χ1n) is 8.97. The maximum atomic E-state index is 12.8. The summed E-state index contributed by atoms with van der Waals surface area (Å²) in [5.74, 6) is 0.0699. The molecular weight excluding hydrogens is 332 g/mol. The summed E-state index contributed by atoms with van der Waals surface area (Å²) in [4.78, 5) is 30.1. The largest absolute Gasteiger partial charge is 0.469 e. The van der Waals surface area contributed by atoms with Crippen LogP contribution in [0, 0.1) is 0 Å². The fraction of sp³-hybridized carbons (Fsp3) is 0.400. The number of hydroxylamine groups is 1. The Kier molecular flexibility index (Phi) is 5.73. The minimum absolute atomic E-state index is 0.0627. The first-order valence-corrected chi connectivity index (χ1v) is 8.97. The Balaban J connectivity index is 1.70. The molecule has 0 amide bonds. The number of hydrogen-bond donors (Lipinski definition) is 1. The average molecular weight is 356 g/mol. The number of fused-ring (bicyclic) bond motifs is 1. The molecule has 1 unspecified atom stereocenters. The van der Waals surface area contributed by atoms with Crippen LogP contribution >= 0.6 is 0 Å². The summed E-state index contributed by atoms with van der Waals surface area (Å²) in [6.07, 6.45) is 2.81. The van der Waals surface area contributed by atoms with Crippen LogP contribution in [0.3, 0.4) is 0 Å². The molecule has 3 rings (SSSR count). The summed E-state index contributed by atoms with van der Waals surface area (Å²) < 4.78 is 6.77. The van der Waals surface area contributed by atoms with Crippen LogP contribution in [-0.2, 0) is 16.1 Å². The molecule has 0 aliphatic carbocycles. The lowest BCUT2D eigenvalue weighted by atomic mass is 10.1. The summed E-state index contributed by atoms with van der Waals surface area (Å²) >= 11 is 0. The number of nitrogens with one attached hydrogen (secondary N) is 1. The number of rotatable bonds is 8. The Labute approximate surface area is 153 Å². The number of hydrogen-bond acceptors (Lipinski definition) is 5. The Bertz CT molecular complexity index is 780. The summed E-state index contributed by atoms with van der Waals surface area (Å²) in [5.41, 5.74) is 4.94. The lowest BCUT2D eigenvalue weighted by Crippen LogP contribution is -2.19. The summed E-state index contributed by atoms with van der Waals surface area (Å²) in [6, 6.07) is 10.7. The van der Waals surface area contributed by atoms with E-state index in [0.717, 1.165) is 25.1 Å². The van der Waals surface area contributed by atoms with Gasteiger partial charge in [0.15, 0.2) is 0 Å². The molecule has 1 aliphatic rings. The van der Waals surface area contributed by atoms with Crippen LogP contribution in [0.4, 0.5) is 0 Å². The summed E-state index contributed by atoms with van der Waals surface area (Å²) in [7, 11) is 1.39. The molecule has 6 nitrogen and oxygen atoms in total. The van der Waals surface area contributed by atoms with E-state index in [9.17, 15) is 9.59 Å². The van der Waals surface area contributed by atoms with Crippen LogP contribution in [0.5, 0.6) is 5.75 Å². The normalized spacial score (nSPS) is 15.5. The van der Waals surface area contributed by atoms with Gasteiger partial charge < -0.3 is 14.1 Å². The molecule has 6 heteroatoms. The Hall–Kier alpha value is -2.60. The minimum atomic E-state index is -0.286. The molecule has 2 aromatic rings. The number of methoxy groups -OCH3 is 1. The zero-order chi connectivity index (χ0) is 18.5. The predicted octanol–water partition coefficient (Wildman–Crippen LogP) is 3.06. The van der Waals surface area contributed by atoms with Gasteiger partial charge in [-0.2, -0.15) is 5.48 Å². The van der Waals surface area contributed by atoms with Crippen LogP contribution < -0.4 is 10.3 Å². The molecule has 1 aromatic carbocycles. The van der Waals surface area contributed by atoms with E-state index in [1.165, 1.54) is 7.11 Å². The number of unbranched alkanes of at least 4 members (excludes halogenated alkanes) is 1. The highest BCUT2D eigenvalue weighted by Crippen LogP contribution is 2.32. The van der Waals surface area contributed by atoms with Gasteiger partial charge in [-0.1, -0.05) is 13.3 Å². The molecule has 0 saturated carbocycles. The van der Waals surface area contributed by atoms with Crippen molar-refractivity contribution in [3.8, 4) is 5.75 Å². The second-order valence-electron chi connectivity index (χ2n) is 6.36. The monoisotopic (exact) mass is 356 g/mol. The van der Waals surface area contributed by atoms with Gasteiger partial charge in [0.25, 0.3) is 0 Å². The lowest BCUT2D eigenvalue weighted by molar-refractivity contribution is -0.142. The van der Waals surface area contributed by atoms with E-state index in [2.05, 4.69) is 12.4 Å². The van der Waals surface area contributed by atoms with Gasteiger partial charge in [0.2, 0.25) is 5.78 Å².